The largest absolute Gasteiger partial charge is 2.00 e. The third-order valence-corrected chi connectivity index (χ3v) is 4.63. The number of hydrogen-bond donors (Lipinski definition) is 3. The van der Waals surface area contributed by atoms with Crippen molar-refractivity contribution in [3.63, 3.8) is 0 Å². The van der Waals surface area contributed by atoms with Gasteiger partial charge in [0.1, 0.15) is 0 Å². The van der Waals surface area contributed by atoms with Crippen molar-refractivity contribution < 1.29 is 41.6 Å². The summed E-state index contributed by atoms with van der Waals surface area (Å²) in [5.74, 6) is 0. The van der Waals surface area contributed by atoms with Gasteiger partial charge in [-0.2, -0.15) is 0 Å². The molecule has 6 heteroatoms. The van der Waals surface area contributed by atoms with Crippen LogP contribution in [0.3, 0.4) is 0 Å². The van der Waals surface area contributed by atoms with Crippen molar-refractivity contribution in [2.75, 3.05) is 36.8 Å². The minimum absolute atomic E-state index is 0. The molecule has 2 aromatic carbocycles. The zero-order valence-electron chi connectivity index (χ0n) is 17.3. The Morgan fingerprint density at radius 1 is 0.571 bits per heavy atom. The molecule has 0 amide bonds. The first-order chi connectivity index (χ1) is 12.1. The molecule has 0 saturated carbocycles. The van der Waals surface area contributed by atoms with Gasteiger partial charge in [-0.05, 0) is 75.9 Å². The Bertz CT molecular complexity index is 583. The van der Waals surface area contributed by atoms with Crippen LogP contribution in [0.4, 0.5) is 11.4 Å². The minimum atomic E-state index is 0. The third kappa shape index (κ3) is 9.53. The first-order valence-corrected chi connectivity index (χ1v) is 9.40. The van der Waals surface area contributed by atoms with Crippen LogP contribution >= 0.6 is 0 Å². The topological polar surface area (TPSA) is 36.1 Å². The summed E-state index contributed by atoms with van der Waals surface area (Å²) in [6, 6.07) is 12.9. The van der Waals surface area contributed by atoms with Gasteiger partial charge in [0.25, 0.3) is 0 Å². The molecule has 2 aromatic rings. The normalized spacial score (nSPS) is 9.57. The summed E-state index contributed by atoms with van der Waals surface area (Å²) < 4.78 is 0. The van der Waals surface area contributed by atoms with E-state index in [9.17, 15) is 0 Å². The molecule has 0 atom stereocenters. The molecule has 1 radical (unpaired) electrons. The molecule has 0 unspecified atom stereocenters. The van der Waals surface area contributed by atoms with E-state index in [-0.39, 0.29) is 41.6 Å². The van der Waals surface area contributed by atoms with Crippen molar-refractivity contribution in [1.82, 2.24) is 5.32 Å². The molecule has 0 aliphatic rings. The van der Waals surface area contributed by atoms with E-state index in [1.807, 2.05) is 0 Å². The van der Waals surface area contributed by atoms with Gasteiger partial charge in [-0.1, -0.05) is 36.4 Å². The number of benzene rings is 2. The summed E-state index contributed by atoms with van der Waals surface area (Å²) in [5, 5.41) is 10.7. The summed E-state index contributed by atoms with van der Waals surface area (Å²) in [6.45, 7) is 12.8. The number of para-hydroxylation sites is 2. The van der Waals surface area contributed by atoms with E-state index in [1.165, 1.54) is 33.6 Å². The molecule has 0 spiro atoms. The average Bonchev–Trinajstić information content (AvgIpc) is 2.57. The van der Waals surface area contributed by atoms with Gasteiger partial charge in [0.05, 0.1) is 0 Å². The fraction of sp³-hybridized carbons (Fsp3) is 0.455. The Hall–Kier alpha value is -0.914. The summed E-state index contributed by atoms with van der Waals surface area (Å²) >= 11 is 0. The van der Waals surface area contributed by atoms with Crippen LogP contribution in [-0.2, 0) is 16.8 Å². The van der Waals surface area contributed by atoms with Crippen molar-refractivity contribution >= 4 is 11.4 Å². The zero-order chi connectivity index (χ0) is 18.1. The summed E-state index contributed by atoms with van der Waals surface area (Å²) in [5.41, 5.74) is 7.88. The molecule has 0 bridgehead atoms. The molecule has 159 valence electrons. The molecule has 0 aliphatic heterocycles. The van der Waals surface area contributed by atoms with Gasteiger partial charge >= 0.3 is 16.8 Å². The van der Waals surface area contributed by atoms with Crippen LogP contribution < -0.4 is 40.8 Å². The van der Waals surface area contributed by atoms with Gasteiger partial charge < -0.3 is 40.8 Å². The second-order valence-electron chi connectivity index (χ2n) is 6.84. The summed E-state index contributed by atoms with van der Waals surface area (Å²) in [4.78, 5) is 0. The first-order valence-electron chi connectivity index (χ1n) is 9.40. The molecule has 0 heterocycles. The van der Waals surface area contributed by atoms with Crippen LogP contribution in [0.1, 0.15) is 35.1 Å². The van der Waals surface area contributed by atoms with Crippen LogP contribution in [0.15, 0.2) is 36.4 Å². The van der Waals surface area contributed by atoms with E-state index < -0.39 is 0 Å². The van der Waals surface area contributed by atoms with E-state index in [2.05, 4.69) is 80.0 Å². The Kier molecular flexibility index (Phi) is 16.7. The fourth-order valence-corrected chi connectivity index (χ4v) is 3.17. The Morgan fingerprint density at radius 3 is 1.21 bits per heavy atom. The second-order valence-corrected chi connectivity index (χ2v) is 6.84. The molecule has 3 nitrogen and oxygen atoms in total. The Morgan fingerprint density at radius 2 is 0.893 bits per heavy atom. The van der Waals surface area contributed by atoms with E-state index in [1.54, 1.807) is 0 Å². The molecule has 3 N–H and O–H groups in total. The maximum absolute atomic E-state index is 3.56. The summed E-state index contributed by atoms with van der Waals surface area (Å²) in [6.07, 6.45) is 2.27. The van der Waals surface area contributed by atoms with Crippen molar-refractivity contribution in [2.24, 2.45) is 0 Å². The van der Waals surface area contributed by atoms with Crippen LogP contribution in [-0.4, -0.2) is 26.2 Å². The smallest absolute Gasteiger partial charge is 1.00 e. The van der Waals surface area contributed by atoms with Gasteiger partial charge in [-0.15, -0.1) is 0 Å². The van der Waals surface area contributed by atoms with Gasteiger partial charge in [-0.3, -0.25) is 0 Å². The Labute approximate surface area is 193 Å². The van der Waals surface area contributed by atoms with Crippen LogP contribution in [0.2, 0.25) is 0 Å². The van der Waals surface area contributed by atoms with Crippen molar-refractivity contribution in [1.29, 1.82) is 0 Å². The molecule has 0 saturated heterocycles. The number of rotatable bonds is 10. The molecule has 0 aromatic heterocycles. The van der Waals surface area contributed by atoms with Crippen molar-refractivity contribution in [3.8, 4) is 0 Å². The molecular formula is C22H33Cl2CoN3. The van der Waals surface area contributed by atoms with E-state index in [0.29, 0.717) is 0 Å². The van der Waals surface area contributed by atoms with Gasteiger partial charge in [0.15, 0.2) is 0 Å². The predicted octanol–water partition coefficient (Wildman–Crippen LogP) is -1.18. The van der Waals surface area contributed by atoms with E-state index in [0.717, 1.165) is 39.0 Å². The van der Waals surface area contributed by atoms with Crippen LogP contribution in [0, 0.1) is 27.7 Å². The maximum atomic E-state index is 3.56. The number of nitrogens with one attached hydrogen (secondary N) is 3. The maximum Gasteiger partial charge on any atom is 2.00 e. The van der Waals surface area contributed by atoms with E-state index in [4.69, 9.17) is 0 Å². The molecule has 28 heavy (non-hydrogen) atoms. The van der Waals surface area contributed by atoms with Crippen molar-refractivity contribution in [3.05, 3.63) is 58.7 Å². The van der Waals surface area contributed by atoms with Gasteiger partial charge in [0, 0.05) is 24.5 Å². The van der Waals surface area contributed by atoms with Crippen molar-refractivity contribution in [2.45, 2.75) is 40.5 Å². The van der Waals surface area contributed by atoms with Crippen LogP contribution in [0.5, 0.6) is 0 Å². The first kappa shape index (κ1) is 29.3. The monoisotopic (exact) mass is 468 g/mol. The standard InChI is InChI=1S/C22H33N3.2ClH.Co/c1-17-9-5-10-18(2)21(17)24-15-7-13-23-14-8-16-25-22-19(3)11-6-12-20(22)4;;;/h5-6,9-12,23-25H,7-8,13-16H2,1-4H3;2*1H;/q;;;+2/p-2. The number of anilines is 2. The minimum Gasteiger partial charge on any atom is -1.00 e. The predicted molar refractivity (Wildman–Crippen MR) is 111 cm³/mol. The average molecular weight is 469 g/mol. The molecule has 0 fully saturated rings. The second kappa shape index (κ2) is 15.9. The number of aryl methyl sites for hydroxylation is 4. The number of hydrogen-bond acceptors (Lipinski definition) is 3. The number of halogens is 2. The van der Waals surface area contributed by atoms with Crippen LogP contribution in [0.25, 0.3) is 0 Å². The quantitative estimate of drug-likeness (QED) is 0.384. The molecule has 2 rings (SSSR count). The van der Waals surface area contributed by atoms with Gasteiger partial charge in [-0.25, -0.2) is 0 Å². The Balaban J connectivity index is 0. The zero-order valence-corrected chi connectivity index (χ0v) is 19.8. The van der Waals surface area contributed by atoms with E-state index >= 15 is 0 Å². The molecular weight excluding hydrogens is 436 g/mol. The summed E-state index contributed by atoms with van der Waals surface area (Å²) in [7, 11) is 0. The third-order valence-electron chi connectivity index (χ3n) is 4.63. The van der Waals surface area contributed by atoms with Gasteiger partial charge in [0.2, 0.25) is 0 Å². The SMILES string of the molecule is Cc1cccc(C)c1NCCCNCCCNc1c(C)cccc1C.[Cl-].[Cl-].[Co+2]. The molecule has 0 aliphatic carbocycles. The fourth-order valence-electron chi connectivity index (χ4n) is 3.17.